The minimum atomic E-state index is -1.92. The largest absolute Gasteiger partial charge is 0.403 e. The van der Waals surface area contributed by atoms with Crippen molar-refractivity contribution >= 4 is 17.7 Å². The Morgan fingerprint density at radius 2 is 1.83 bits per heavy atom. The molecule has 1 spiro atoms. The number of hydrogen-bond donors (Lipinski definition) is 2. The molecule has 3 unspecified atom stereocenters. The first-order chi connectivity index (χ1) is 13.9. The van der Waals surface area contributed by atoms with Crippen molar-refractivity contribution in [2.24, 2.45) is 0 Å². The summed E-state index contributed by atoms with van der Waals surface area (Å²) in [5, 5.41) is 14.2. The third kappa shape index (κ3) is 4.24. The number of carbonyl (C=O) groups is 3. The van der Waals surface area contributed by atoms with E-state index in [-0.39, 0.29) is 12.3 Å². The number of hydrogen-bond acceptors (Lipinski definition) is 8. The fourth-order valence-corrected chi connectivity index (χ4v) is 3.80. The van der Waals surface area contributed by atoms with Crippen LogP contribution in [-0.2, 0) is 19.1 Å². The van der Waals surface area contributed by atoms with Gasteiger partial charge in [-0.05, 0) is 6.42 Å². The van der Waals surface area contributed by atoms with Crippen molar-refractivity contribution in [3.63, 3.8) is 0 Å². The van der Waals surface area contributed by atoms with E-state index < -0.39 is 36.0 Å². The molecular weight excluding hydrogens is 376 g/mol. The van der Waals surface area contributed by atoms with Crippen molar-refractivity contribution in [1.29, 1.82) is 0 Å². The van der Waals surface area contributed by atoms with Crippen LogP contribution in [0.5, 0.6) is 0 Å². The van der Waals surface area contributed by atoms with Crippen LogP contribution in [0.15, 0.2) is 42.5 Å². The second-order valence-corrected chi connectivity index (χ2v) is 7.13. The molecule has 2 aliphatic rings. The Morgan fingerprint density at radius 3 is 2.38 bits per heavy atom. The van der Waals surface area contributed by atoms with Crippen LogP contribution in [0.2, 0.25) is 0 Å². The van der Waals surface area contributed by atoms with Gasteiger partial charge in [0.1, 0.15) is 0 Å². The predicted octanol–water partition coefficient (Wildman–Crippen LogP) is 1.00. The highest BCUT2D eigenvalue weighted by molar-refractivity contribution is 6.00. The van der Waals surface area contributed by atoms with Gasteiger partial charge in [-0.1, -0.05) is 50.6 Å². The topological polar surface area (TPSA) is 105 Å². The number of likely N-dealkylation sites (tertiary alicyclic amines) is 1. The molecule has 8 nitrogen and oxygen atoms in total. The Kier molecular flexibility index (Phi) is 6.46. The molecule has 0 radical (unpaired) electrons. The summed E-state index contributed by atoms with van der Waals surface area (Å²) >= 11 is 0. The minimum absolute atomic E-state index is 0.0832. The molecule has 156 valence electrons. The summed E-state index contributed by atoms with van der Waals surface area (Å²) in [6.45, 7) is 4.37. The first-order valence-corrected chi connectivity index (χ1v) is 9.83. The molecule has 3 atom stereocenters. The Bertz CT molecular complexity index is 774. The number of nitrogens with one attached hydrogen (secondary N) is 1. The quantitative estimate of drug-likeness (QED) is 0.514. The Labute approximate surface area is 169 Å². The Balaban J connectivity index is 1.83. The molecular formula is C21H26N2O6. The molecule has 1 saturated heterocycles. The summed E-state index contributed by atoms with van der Waals surface area (Å²) in [4.78, 5) is 38.5. The molecule has 29 heavy (non-hydrogen) atoms. The predicted molar refractivity (Wildman–Crippen MR) is 104 cm³/mol. The SMILES string of the molecule is CCCC(NC1CN(CC)C2(OC(=O)C=CC(=O)O2)C1O)C(=O)c1ccccc1. The van der Waals surface area contributed by atoms with Crippen LogP contribution in [0.1, 0.15) is 37.0 Å². The van der Waals surface area contributed by atoms with Crippen molar-refractivity contribution in [3.8, 4) is 0 Å². The first kappa shape index (κ1) is 21.2. The van der Waals surface area contributed by atoms with Gasteiger partial charge >= 0.3 is 17.8 Å². The minimum Gasteiger partial charge on any atom is -0.403 e. The van der Waals surface area contributed by atoms with Gasteiger partial charge in [0, 0.05) is 30.8 Å². The summed E-state index contributed by atoms with van der Waals surface area (Å²) in [7, 11) is 0. The zero-order chi connectivity index (χ0) is 21.0. The number of ketones is 1. The number of rotatable bonds is 7. The summed E-state index contributed by atoms with van der Waals surface area (Å²) < 4.78 is 10.7. The van der Waals surface area contributed by atoms with Gasteiger partial charge in [-0.2, -0.15) is 0 Å². The van der Waals surface area contributed by atoms with Gasteiger partial charge < -0.3 is 19.9 Å². The normalized spacial score (nSPS) is 24.8. The number of likely N-dealkylation sites (N-methyl/N-ethyl adjacent to an activating group) is 1. The third-order valence-corrected chi connectivity index (χ3v) is 5.21. The number of carbonyl (C=O) groups excluding carboxylic acids is 3. The lowest BCUT2D eigenvalue weighted by molar-refractivity contribution is -0.297. The smallest absolute Gasteiger partial charge is 0.349 e. The van der Waals surface area contributed by atoms with E-state index >= 15 is 0 Å². The van der Waals surface area contributed by atoms with Crippen molar-refractivity contribution in [1.82, 2.24) is 10.2 Å². The monoisotopic (exact) mass is 402 g/mol. The van der Waals surface area contributed by atoms with Crippen LogP contribution in [0.3, 0.4) is 0 Å². The highest BCUT2D eigenvalue weighted by Crippen LogP contribution is 2.34. The molecule has 2 aliphatic heterocycles. The zero-order valence-corrected chi connectivity index (χ0v) is 16.5. The molecule has 1 aromatic rings. The Morgan fingerprint density at radius 1 is 1.21 bits per heavy atom. The lowest BCUT2D eigenvalue weighted by Gasteiger charge is -2.36. The van der Waals surface area contributed by atoms with Crippen LogP contribution < -0.4 is 5.32 Å². The van der Waals surface area contributed by atoms with E-state index in [4.69, 9.17) is 9.47 Å². The summed E-state index contributed by atoms with van der Waals surface area (Å²) in [5.74, 6) is -3.56. The van der Waals surface area contributed by atoms with Crippen LogP contribution in [0.4, 0.5) is 0 Å². The number of nitrogens with zero attached hydrogens (tertiary/aromatic N) is 1. The molecule has 0 amide bonds. The lowest BCUT2D eigenvalue weighted by Crippen LogP contribution is -2.58. The molecule has 8 heteroatoms. The fourth-order valence-electron chi connectivity index (χ4n) is 3.80. The Hall–Kier alpha value is -2.55. The van der Waals surface area contributed by atoms with Crippen molar-refractivity contribution in [2.45, 2.75) is 50.8 Å². The second-order valence-electron chi connectivity index (χ2n) is 7.13. The number of aliphatic hydroxyl groups excluding tert-OH is 1. The highest BCUT2D eigenvalue weighted by atomic mass is 16.8. The van der Waals surface area contributed by atoms with Gasteiger partial charge in [0.25, 0.3) is 0 Å². The molecule has 0 aliphatic carbocycles. The van der Waals surface area contributed by atoms with Gasteiger partial charge in [-0.3, -0.25) is 4.79 Å². The molecule has 0 bridgehead atoms. The van der Waals surface area contributed by atoms with E-state index in [9.17, 15) is 19.5 Å². The molecule has 0 saturated carbocycles. The molecule has 2 heterocycles. The van der Waals surface area contributed by atoms with E-state index in [2.05, 4.69) is 5.32 Å². The second kappa shape index (κ2) is 8.86. The average Bonchev–Trinajstić information content (AvgIpc) is 2.86. The molecule has 0 aromatic heterocycles. The summed E-state index contributed by atoms with van der Waals surface area (Å²) in [6, 6.07) is 7.75. The zero-order valence-electron chi connectivity index (χ0n) is 16.5. The third-order valence-electron chi connectivity index (χ3n) is 5.21. The number of benzene rings is 1. The number of Topliss-reactive ketones (excluding diaryl/α,β-unsaturated/α-hetero) is 1. The van der Waals surface area contributed by atoms with E-state index in [1.54, 1.807) is 36.1 Å². The number of esters is 2. The van der Waals surface area contributed by atoms with Gasteiger partial charge in [-0.25, -0.2) is 14.5 Å². The number of aliphatic hydroxyl groups is 1. The van der Waals surface area contributed by atoms with E-state index in [1.807, 2.05) is 13.0 Å². The van der Waals surface area contributed by atoms with Crippen molar-refractivity contribution in [2.75, 3.05) is 13.1 Å². The molecule has 3 rings (SSSR count). The van der Waals surface area contributed by atoms with Gasteiger partial charge in [0.05, 0.1) is 12.1 Å². The molecule has 2 N–H and O–H groups in total. The maximum atomic E-state index is 13.0. The van der Waals surface area contributed by atoms with Crippen LogP contribution in [0, 0.1) is 0 Å². The summed E-state index contributed by atoms with van der Waals surface area (Å²) in [6.07, 6.45) is 1.90. The fraction of sp³-hybridized carbons (Fsp3) is 0.476. The maximum absolute atomic E-state index is 13.0. The average molecular weight is 402 g/mol. The molecule has 1 aromatic carbocycles. The van der Waals surface area contributed by atoms with Crippen LogP contribution in [0.25, 0.3) is 0 Å². The van der Waals surface area contributed by atoms with Crippen molar-refractivity contribution in [3.05, 3.63) is 48.0 Å². The van der Waals surface area contributed by atoms with E-state index in [1.165, 1.54) is 0 Å². The van der Waals surface area contributed by atoms with Crippen molar-refractivity contribution < 1.29 is 29.0 Å². The van der Waals surface area contributed by atoms with Gasteiger partial charge in [0.2, 0.25) is 0 Å². The number of ether oxygens (including phenoxy) is 2. The first-order valence-electron chi connectivity index (χ1n) is 9.83. The van der Waals surface area contributed by atoms with Gasteiger partial charge in [-0.15, -0.1) is 0 Å². The van der Waals surface area contributed by atoms with Gasteiger partial charge in [0.15, 0.2) is 11.9 Å². The lowest BCUT2D eigenvalue weighted by atomic mass is 9.99. The maximum Gasteiger partial charge on any atom is 0.349 e. The van der Waals surface area contributed by atoms with E-state index in [0.29, 0.717) is 18.5 Å². The van der Waals surface area contributed by atoms with E-state index in [0.717, 1.165) is 18.6 Å². The highest BCUT2D eigenvalue weighted by Gasteiger charge is 2.60. The standard InChI is InChI=1S/C21H26N2O6/c1-3-8-15(19(26)14-9-6-5-7-10-14)22-16-13-23(4-2)21(20(16)27)28-17(24)11-12-18(25)29-21/h5-7,9-12,15-16,20,22,27H,3-4,8,13H2,1-2H3. The summed E-state index contributed by atoms with van der Waals surface area (Å²) in [5.41, 5.74) is 0.574. The van der Waals surface area contributed by atoms with Crippen LogP contribution in [-0.4, -0.2) is 64.9 Å². The molecule has 1 fully saturated rings. The van der Waals surface area contributed by atoms with Crippen LogP contribution >= 0.6 is 0 Å².